The highest BCUT2D eigenvalue weighted by atomic mass is 16.5. The number of aliphatic carboxylic acids is 1. The van der Waals surface area contributed by atoms with Gasteiger partial charge >= 0.3 is 5.97 Å². The summed E-state index contributed by atoms with van der Waals surface area (Å²) in [5.41, 5.74) is 0.0584. The van der Waals surface area contributed by atoms with Crippen LogP contribution in [0.3, 0.4) is 0 Å². The highest BCUT2D eigenvalue weighted by Crippen LogP contribution is 2.49. The molecule has 0 amide bonds. The molecular formula is C12H21NO3. The molecule has 92 valence electrons. The maximum Gasteiger partial charge on any atom is 0.303 e. The second-order valence-corrected chi connectivity index (χ2v) is 5.42. The van der Waals surface area contributed by atoms with Gasteiger partial charge in [0.15, 0.2) is 0 Å². The van der Waals surface area contributed by atoms with Crippen LogP contribution < -0.4 is 0 Å². The van der Waals surface area contributed by atoms with Gasteiger partial charge in [0, 0.05) is 19.2 Å². The molecule has 2 fully saturated rings. The first-order valence-electron chi connectivity index (χ1n) is 6.06. The van der Waals surface area contributed by atoms with Gasteiger partial charge < -0.3 is 14.7 Å². The molecule has 1 aliphatic heterocycles. The Morgan fingerprint density at radius 2 is 2.25 bits per heavy atom. The molecule has 0 radical (unpaired) electrons. The summed E-state index contributed by atoms with van der Waals surface area (Å²) in [5.74, 6) is -0.665. The van der Waals surface area contributed by atoms with Crippen LogP contribution in [0.15, 0.2) is 0 Å². The maximum absolute atomic E-state index is 10.8. The fourth-order valence-electron chi connectivity index (χ4n) is 2.83. The molecule has 2 aliphatic rings. The van der Waals surface area contributed by atoms with Gasteiger partial charge in [0.1, 0.15) is 0 Å². The predicted molar refractivity (Wildman–Crippen MR) is 60.4 cm³/mol. The zero-order valence-corrected chi connectivity index (χ0v) is 10.1. The molecular weight excluding hydrogens is 206 g/mol. The zero-order valence-electron chi connectivity index (χ0n) is 10.1. The topological polar surface area (TPSA) is 49.8 Å². The van der Waals surface area contributed by atoms with E-state index in [9.17, 15) is 4.79 Å². The van der Waals surface area contributed by atoms with E-state index in [1.165, 1.54) is 0 Å². The van der Waals surface area contributed by atoms with E-state index in [1.54, 1.807) is 0 Å². The lowest BCUT2D eigenvalue weighted by atomic mass is 10.00. The van der Waals surface area contributed by atoms with Gasteiger partial charge in [-0.3, -0.25) is 4.79 Å². The molecule has 0 aromatic rings. The Balaban J connectivity index is 1.87. The molecule has 1 aliphatic carbocycles. The van der Waals surface area contributed by atoms with E-state index in [-0.39, 0.29) is 11.5 Å². The predicted octanol–water partition coefficient (Wildman–Crippen LogP) is 1.35. The number of carboxylic acid groups (broad SMARTS) is 1. The van der Waals surface area contributed by atoms with E-state index < -0.39 is 5.97 Å². The van der Waals surface area contributed by atoms with Crippen LogP contribution in [-0.4, -0.2) is 48.3 Å². The Morgan fingerprint density at radius 1 is 1.56 bits per heavy atom. The van der Waals surface area contributed by atoms with Gasteiger partial charge in [-0.15, -0.1) is 0 Å². The number of hydrogen-bond acceptors (Lipinski definition) is 3. The molecule has 16 heavy (non-hydrogen) atoms. The highest BCUT2D eigenvalue weighted by molar-refractivity contribution is 5.68. The molecule has 0 aromatic heterocycles. The SMILES string of the molecule is CC1OCCC1N(C)CC1(CC(=O)O)CC1. The standard InChI is InChI=1S/C12H21NO3/c1-9-10(3-6-16-9)13(2)8-12(4-5-12)7-11(14)15/h9-10H,3-8H2,1-2H3,(H,14,15). The average molecular weight is 227 g/mol. The molecule has 2 unspecified atom stereocenters. The van der Waals surface area contributed by atoms with E-state index in [0.717, 1.165) is 32.4 Å². The van der Waals surface area contributed by atoms with Gasteiger partial charge in [0.25, 0.3) is 0 Å². The van der Waals surface area contributed by atoms with E-state index in [2.05, 4.69) is 18.9 Å². The van der Waals surface area contributed by atoms with Gasteiger partial charge in [-0.1, -0.05) is 0 Å². The molecule has 2 atom stereocenters. The van der Waals surface area contributed by atoms with Crippen LogP contribution in [0.1, 0.15) is 32.6 Å². The van der Waals surface area contributed by atoms with Crippen molar-refractivity contribution in [2.24, 2.45) is 5.41 Å². The minimum atomic E-state index is -0.665. The van der Waals surface area contributed by atoms with Crippen molar-refractivity contribution in [2.45, 2.75) is 44.8 Å². The number of hydrogen-bond donors (Lipinski definition) is 1. The van der Waals surface area contributed by atoms with Crippen molar-refractivity contribution < 1.29 is 14.6 Å². The van der Waals surface area contributed by atoms with Crippen LogP contribution in [0.2, 0.25) is 0 Å². The normalized spacial score (nSPS) is 31.9. The third-order valence-corrected chi connectivity index (χ3v) is 3.97. The monoisotopic (exact) mass is 227 g/mol. The van der Waals surface area contributed by atoms with Crippen molar-refractivity contribution >= 4 is 5.97 Å². The van der Waals surface area contributed by atoms with Crippen LogP contribution >= 0.6 is 0 Å². The minimum absolute atomic E-state index is 0.0584. The smallest absolute Gasteiger partial charge is 0.303 e. The Labute approximate surface area is 96.6 Å². The lowest BCUT2D eigenvalue weighted by Gasteiger charge is -2.30. The third kappa shape index (κ3) is 2.55. The summed E-state index contributed by atoms with van der Waals surface area (Å²) in [6.45, 7) is 3.84. The van der Waals surface area contributed by atoms with Crippen molar-refractivity contribution in [3.8, 4) is 0 Å². The average Bonchev–Trinajstić information content (AvgIpc) is 2.76. The van der Waals surface area contributed by atoms with Gasteiger partial charge in [0.2, 0.25) is 0 Å². The maximum atomic E-state index is 10.8. The first-order chi connectivity index (χ1) is 7.52. The summed E-state index contributed by atoms with van der Waals surface area (Å²) in [7, 11) is 2.10. The van der Waals surface area contributed by atoms with Gasteiger partial charge in [-0.05, 0) is 38.6 Å². The van der Waals surface area contributed by atoms with E-state index >= 15 is 0 Å². The Kier molecular flexibility index (Phi) is 3.22. The molecule has 2 rings (SSSR count). The van der Waals surface area contributed by atoms with Gasteiger partial charge in [-0.2, -0.15) is 0 Å². The lowest BCUT2D eigenvalue weighted by molar-refractivity contribution is -0.138. The number of likely N-dealkylation sites (N-methyl/N-ethyl adjacent to an activating group) is 1. The van der Waals surface area contributed by atoms with E-state index in [1.807, 2.05) is 0 Å². The summed E-state index contributed by atoms with van der Waals surface area (Å²) in [6.07, 6.45) is 3.79. The zero-order chi connectivity index (χ0) is 11.8. The minimum Gasteiger partial charge on any atom is -0.481 e. The second-order valence-electron chi connectivity index (χ2n) is 5.42. The number of rotatable bonds is 5. The van der Waals surface area contributed by atoms with E-state index in [0.29, 0.717) is 12.5 Å². The Morgan fingerprint density at radius 3 is 2.69 bits per heavy atom. The van der Waals surface area contributed by atoms with Crippen molar-refractivity contribution in [2.75, 3.05) is 20.2 Å². The quantitative estimate of drug-likeness (QED) is 0.770. The van der Waals surface area contributed by atoms with Crippen LogP contribution in [0.4, 0.5) is 0 Å². The molecule has 1 heterocycles. The summed E-state index contributed by atoms with van der Waals surface area (Å²) in [5, 5.41) is 8.88. The first-order valence-corrected chi connectivity index (χ1v) is 6.06. The summed E-state index contributed by atoms with van der Waals surface area (Å²) < 4.78 is 5.54. The van der Waals surface area contributed by atoms with Crippen molar-refractivity contribution in [1.29, 1.82) is 0 Å². The summed E-state index contributed by atoms with van der Waals surface area (Å²) >= 11 is 0. The second kappa shape index (κ2) is 4.34. The van der Waals surface area contributed by atoms with Crippen molar-refractivity contribution in [1.82, 2.24) is 4.90 Å². The van der Waals surface area contributed by atoms with Crippen LogP contribution in [0.5, 0.6) is 0 Å². The molecule has 0 spiro atoms. The molecule has 4 heteroatoms. The fourth-order valence-corrected chi connectivity index (χ4v) is 2.83. The molecule has 0 aromatic carbocycles. The largest absolute Gasteiger partial charge is 0.481 e. The van der Waals surface area contributed by atoms with Crippen molar-refractivity contribution in [3.63, 3.8) is 0 Å². The fraction of sp³-hybridized carbons (Fsp3) is 0.917. The molecule has 4 nitrogen and oxygen atoms in total. The number of nitrogens with zero attached hydrogens (tertiary/aromatic N) is 1. The van der Waals surface area contributed by atoms with Gasteiger partial charge in [0.05, 0.1) is 12.5 Å². The Hall–Kier alpha value is -0.610. The van der Waals surface area contributed by atoms with Crippen molar-refractivity contribution in [3.05, 3.63) is 0 Å². The van der Waals surface area contributed by atoms with Crippen LogP contribution in [-0.2, 0) is 9.53 Å². The lowest BCUT2D eigenvalue weighted by Crippen LogP contribution is -2.40. The number of carbonyl (C=O) groups is 1. The molecule has 0 bridgehead atoms. The van der Waals surface area contributed by atoms with Crippen LogP contribution in [0.25, 0.3) is 0 Å². The van der Waals surface area contributed by atoms with Crippen LogP contribution in [0, 0.1) is 5.41 Å². The first kappa shape index (κ1) is 11.9. The highest BCUT2D eigenvalue weighted by Gasteiger charge is 2.46. The molecule has 1 N–H and O–H groups in total. The molecule has 1 saturated heterocycles. The van der Waals surface area contributed by atoms with Gasteiger partial charge in [-0.25, -0.2) is 0 Å². The Bertz CT molecular complexity index is 275. The number of carboxylic acids is 1. The number of ether oxygens (including phenoxy) is 1. The summed E-state index contributed by atoms with van der Waals surface area (Å²) in [4.78, 5) is 13.1. The molecule has 1 saturated carbocycles. The van der Waals surface area contributed by atoms with E-state index in [4.69, 9.17) is 9.84 Å². The summed E-state index contributed by atoms with van der Waals surface area (Å²) in [6, 6.07) is 0.464. The third-order valence-electron chi connectivity index (χ3n) is 3.97.